The summed E-state index contributed by atoms with van der Waals surface area (Å²) in [5, 5.41) is 5.92. The van der Waals surface area contributed by atoms with Crippen molar-refractivity contribution in [3.05, 3.63) is 11.6 Å². The maximum Gasteiger partial charge on any atom is 0.407 e. The highest BCUT2D eigenvalue weighted by Crippen LogP contribution is 2.70. The van der Waals surface area contributed by atoms with E-state index in [1.165, 1.54) is 12.5 Å². The Balaban J connectivity index is 1.28. The minimum atomic E-state index is -0.541. The maximum absolute atomic E-state index is 14.4. The zero-order valence-corrected chi connectivity index (χ0v) is 30.0. The minimum Gasteiger partial charge on any atom is -0.462 e. The second-order valence-corrected chi connectivity index (χ2v) is 17.9. The van der Waals surface area contributed by atoms with Gasteiger partial charge in [-0.25, -0.2) is 4.79 Å². The number of hydrogen-bond donors (Lipinski definition) is 2. The Morgan fingerprint density at radius 3 is 2.24 bits per heavy atom. The molecule has 0 aromatic carbocycles. The second-order valence-electron chi connectivity index (χ2n) is 17.9. The summed E-state index contributed by atoms with van der Waals surface area (Å²) in [6.07, 6.45) is 10.8. The van der Waals surface area contributed by atoms with Crippen molar-refractivity contribution in [3.63, 3.8) is 0 Å². The second kappa shape index (κ2) is 12.3. The summed E-state index contributed by atoms with van der Waals surface area (Å²) in [5.74, 6) is 1.59. The van der Waals surface area contributed by atoms with Crippen molar-refractivity contribution in [2.75, 3.05) is 13.1 Å². The normalized spacial score (nSPS) is 39.8. The number of carbonyl (C=O) groups excluding carboxylic acids is 4. The van der Waals surface area contributed by atoms with Crippen molar-refractivity contribution in [2.24, 2.45) is 51.2 Å². The standard InChI is InChI=1S/C38H60N2O6/c1-23(41)45-30-15-18-38(9)29(35(30,5)6)14-17-37(8)27-12-11-24-13-16-36(7,22-26(24)25(27)21-28(42)31(37)38)32(43)39-19-10-20-40-33(44)46-34(2,3)4/h21,24,26-27,29-31H,10-20,22H2,1-9H3,(H,39,43)(H,40,44)/t24-,26+,27?,29-,30-,31-,36-,37-,38-/m0/s1. The van der Waals surface area contributed by atoms with Crippen molar-refractivity contribution >= 4 is 23.8 Å². The van der Waals surface area contributed by atoms with Crippen LogP contribution in [0.1, 0.15) is 127 Å². The monoisotopic (exact) mass is 640 g/mol. The Kier molecular flexibility index (Phi) is 9.31. The molecule has 0 aromatic rings. The van der Waals surface area contributed by atoms with Crippen molar-refractivity contribution in [2.45, 2.75) is 138 Å². The fourth-order valence-electron chi connectivity index (χ4n) is 11.3. The van der Waals surface area contributed by atoms with Gasteiger partial charge in [0, 0.05) is 36.8 Å². The van der Waals surface area contributed by atoms with E-state index >= 15 is 0 Å². The molecule has 0 aliphatic heterocycles. The van der Waals surface area contributed by atoms with E-state index in [2.05, 4.69) is 51.3 Å². The Labute approximate surface area is 276 Å². The van der Waals surface area contributed by atoms with Crippen LogP contribution in [0.3, 0.4) is 0 Å². The van der Waals surface area contributed by atoms with Crippen LogP contribution in [0.5, 0.6) is 0 Å². The fourth-order valence-corrected chi connectivity index (χ4v) is 11.3. The molecule has 5 aliphatic rings. The number of rotatable bonds is 6. The van der Waals surface area contributed by atoms with E-state index in [9.17, 15) is 19.2 Å². The van der Waals surface area contributed by atoms with Crippen LogP contribution < -0.4 is 10.6 Å². The molecule has 5 rings (SSSR count). The summed E-state index contributed by atoms with van der Waals surface area (Å²) in [6, 6.07) is 0. The molecule has 4 fully saturated rings. The van der Waals surface area contributed by atoms with Gasteiger partial charge in [-0.3, -0.25) is 14.4 Å². The van der Waals surface area contributed by atoms with E-state index in [-0.39, 0.29) is 51.8 Å². The number of carbonyl (C=O) groups is 4. The lowest BCUT2D eigenvalue weighted by atomic mass is 9.37. The summed E-state index contributed by atoms with van der Waals surface area (Å²) in [6.45, 7) is 19.3. The van der Waals surface area contributed by atoms with Crippen LogP contribution in [0.4, 0.5) is 4.79 Å². The molecule has 2 N–H and O–H groups in total. The van der Waals surface area contributed by atoms with Gasteiger partial charge in [0.2, 0.25) is 5.91 Å². The molecule has 5 aliphatic carbocycles. The van der Waals surface area contributed by atoms with Crippen LogP contribution in [0, 0.1) is 51.2 Å². The first-order valence-corrected chi connectivity index (χ1v) is 18.0. The zero-order valence-electron chi connectivity index (χ0n) is 30.0. The molecule has 0 radical (unpaired) electrons. The first-order valence-electron chi connectivity index (χ1n) is 18.0. The smallest absolute Gasteiger partial charge is 0.407 e. The molecule has 9 atom stereocenters. The lowest BCUT2D eigenvalue weighted by Gasteiger charge is -2.66. The summed E-state index contributed by atoms with van der Waals surface area (Å²) in [4.78, 5) is 51.9. The molecule has 4 saturated carbocycles. The predicted octanol–water partition coefficient (Wildman–Crippen LogP) is 7.15. The van der Waals surface area contributed by atoms with Crippen molar-refractivity contribution in [1.29, 1.82) is 0 Å². The Morgan fingerprint density at radius 2 is 1.57 bits per heavy atom. The van der Waals surface area contributed by atoms with Gasteiger partial charge < -0.3 is 20.1 Å². The lowest BCUT2D eigenvalue weighted by molar-refractivity contribution is -0.199. The lowest BCUT2D eigenvalue weighted by Crippen LogP contribution is -2.64. The van der Waals surface area contributed by atoms with Gasteiger partial charge in [0.05, 0.1) is 0 Å². The van der Waals surface area contributed by atoms with Gasteiger partial charge >= 0.3 is 12.1 Å². The number of hydrogen-bond acceptors (Lipinski definition) is 6. The predicted molar refractivity (Wildman–Crippen MR) is 178 cm³/mol. The first-order chi connectivity index (χ1) is 21.3. The maximum atomic E-state index is 14.4. The average molecular weight is 641 g/mol. The molecular weight excluding hydrogens is 580 g/mol. The summed E-state index contributed by atoms with van der Waals surface area (Å²) >= 11 is 0. The number of amides is 2. The first kappa shape index (κ1) is 34.9. The van der Waals surface area contributed by atoms with E-state index in [0.717, 1.165) is 57.8 Å². The van der Waals surface area contributed by atoms with Crippen LogP contribution in [0.25, 0.3) is 0 Å². The molecule has 0 aromatic heterocycles. The van der Waals surface area contributed by atoms with E-state index < -0.39 is 17.1 Å². The zero-order chi connectivity index (χ0) is 33.9. The number of alkyl carbamates (subject to hydrolysis) is 1. The third kappa shape index (κ3) is 6.27. The number of ketones is 1. The minimum absolute atomic E-state index is 0.0332. The van der Waals surface area contributed by atoms with Gasteiger partial charge in [0.1, 0.15) is 11.7 Å². The number of nitrogens with one attached hydrogen (secondary N) is 2. The highest BCUT2D eigenvalue weighted by atomic mass is 16.6. The van der Waals surface area contributed by atoms with E-state index in [1.807, 2.05) is 20.8 Å². The Morgan fingerprint density at radius 1 is 0.891 bits per heavy atom. The molecule has 46 heavy (non-hydrogen) atoms. The highest BCUT2D eigenvalue weighted by Gasteiger charge is 2.66. The van der Waals surface area contributed by atoms with Crippen LogP contribution in [0.2, 0.25) is 0 Å². The molecule has 0 spiro atoms. The molecule has 8 nitrogen and oxygen atoms in total. The summed E-state index contributed by atoms with van der Waals surface area (Å²) in [7, 11) is 0. The van der Waals surface area contributed by atoms with E-state index in [0.29, 0.717) is 37.3 Å². The molecule has 0 saturated heterocycles. The fraction of sp³-hybridized carbons (Fsp3) is 0.842. The van der Waals surface area contributed by atoms with Gasteiger partial charge in [0.25, 0.3) is 0 Å². The SMILES string of the molecule is CC(=O)O[C@H]1CC[C@]2(C)[C@H]3C(=O)C=C4C(CC[C@H]5CC[C@](C)(C(=O)NCCCNC(=O)OC(C)(C)C)C[C@@H]45)[C@]3(C)CC[C@H]2C1(C)C. The van der Waals surface area contributed by atoms with Gasteiger partial charge in [-0.15, -0.1) is 0 Å². The van der Waals surface area contributed by atoms with E-state index in [4.69, 9.17) is 9.47 Å². The van der Waals surface area contributed by atoms with Crippen LogP contribution in [0.15, 0.2) is 11.6 Å². The van der Waals surface area contributed by atoms with Crippen LogP contribution in [-0.4, -0.2) is 48.5 Å². The van der Waals surface area contributed by atoms with Crippen molar-refractivity contribution in [1.82, 2.24) is 10.6 Å². The van der Waals surface area contributed by atoms with Crippen molar-refractivity contribution < 1.29 is 28.7 Å². The molecule has 1 unspecified atom stereocenters. The third-order valence-corrected chi connectivity index (χ3v) is 13.3. The largest absolute Gasteiger partial charge is 0.462 e. The van der Waals surface area contributed by atoms with Gasteiger partial charge in [-0.2, -0.15) is 0 Å². The highest BCUT2D eigenvalue weighted by molar-refractivity contribution is 5.95. The molecule has 2 amide bonds. The molecule has 0 bridgehead atoms. The molecule has 8 heteroatoms. The summed E-state index contributed by atoms with van der Waals surface area (Å²) < 4.78 is 11.1. The average Bonchev–Trinajstić information content (AvgIpc) is 2.93. The van der Waals surface area contributed by atoms with Crippen LogP contribution >= 0.6 is 0 Å². The topological polar surface area (TPSA) is 111 Å². The third-order valence-electron chi connectivity index (χ3n) is 13.3. The van der Waals surface area contributed by atoms with Gasteiger partial charge in [-0.1, -0.05) is 40.2 Å². The number of allylic oxidation sites excluding steroid dienone is 2. The molecule has 0 heterocycles. The number of fused-ring (bicyclic) bond motifs is 7. The van der Waals surface area contributed by atoms with Crippen LogP contribution in [-0.2, 0) is 23.9 Å². The number of ether oxygens (including phenoxy) is 2. The van der Waals surface area contributed by atoms with Gasteiger partial charge in [0.15, 0.2) is 5.78 Å². The number of esters is 1. The molecular formula is C38H60N2O6. The summed E-state index contributed by atoms with van der Waals surface area (Å²) in [5.41, 5.74) is -0.115. The quantitative estimate of drug-likeness (QED) is 0.236. The molecule has 258 valence electrons. The van der Waals surface area contributed by atoms with Crippen molar-refractivity contribution in [3.8, 4) is 0 Å². The Bertz CT molecular complexity index is 1270. The van der Waals surface area contributed by atoms with E-state index in [1.54, 1.807) is 0 Å². The Hall–Kier alpha value is -2.38. The van der Waals surface area contributed by atoms with Gasteiger partial charge in [-0.05, 0) is 126 Å².